The van der Waals surface area contributed by atoms with Crippen LogP contribution in [0, 0.1) is 0 Å². The maximum absolute atomic E-state index is 12.1. The van der Waals surface area contributed by atoms with Crippen molar-refractivity contribution >= 4 is 15.9 Å². The third-order valence-electron chi connectivity index (χ3n) is 3.73. The second-order valence-corrected chi connectivity index (χ2v) is 7.33. The molecule has 0 atom stereocenters. The van der Waals surface area contributed by atoms with Gasteiger partial charge in [-0.3, -0.25) is 4.79 Å². The molecule has 2 aliphatic heterocycles. The SMILES string of the molecule is O=C(NCCN1CCCCS1(=O)=O)c1ccc2c(c1)OCO2. The van der Waals surface area contributed by atoms with Crippen molar-refractivity contribution in [1.29, 1.82) is 0 Å². The highest BCUT2D eigenvalue weighted by molar-refractivity contribution is 7.89. The van der Waals surface area contributed by atoms with E-state index >= 15 is 0 Å². The van der Waals surface area contributed by atoms with E-state index in [9.17, 15) is 13.2 Å². The molecular formula is C14H18N2O5S. The lowest BCUT2D eigenvalue weighted by Crippen LogP contribution is -2.42. The van der Waals surface area contributed by atoms with E-state index in [0.717, 1.165) is 6.42 Å². The summed E-state index contributed by atoms with van der Waals surface area (Å²) in [5.41, 5.74) is 0.464. The Kier molecular flexibility index (Phi) is 4.21. The first-order chi connectivity index (χ1) is 10.6. The Hall–Kier alpha value is -1.80. The van der Waals surface area contributed by atoms with Crippen LogP contribution in [0.4, 0.5) is 0 Å². The Labute approximate surface area is 129 Å². The lowest BCUT2D eigenvalue weighted by Gasteiger charge is -2.26. The Morgan fingerprint density at radius 3 is 2.86 bits per heavy atom. The molecule has 1 amide bonds. The number of sulfonamides is 1. The van der Waals surface area contributed by atoms with Crippen molar-refractivity contribution in [2.24, 2.45) is 0 Å². The van der Waals surface area contributed by atoms with E-state index in [4.69, 9.17) is 9.47 Å². The van der Waals surface area contributed by atoms with Gasteiger partial charge in [0.25, 0.3) is 5.91 Å². The van der Waals surface area contributed by atoms with Crippen molar-refractivity contribution in [2.45, 2.75) is 12.8 Å². The molecule has 1 fully saturated rings. The van der Waals surface area contributed by atoms with Crippen molar-refractivity contribution in [1.82, 2.24) is 9.62 Å². The molecule has 1 aromatic carbocycles. The van der Waals surface area contributed by atoms with Gasteiger partial charge in [-0.05, 0) is 31.0 Å². The van der Waals surface area contributed by atoms with Crippen LogP contribution in [0.15, 0.2) is 18.2 Å². The fourth-order valence-electron chi connectivity index (χ4n) is 2.53. The van der Waals surface area contributed by atoms with Gasteiger partial charge in [0.2, 0.25) is 16.8 Å². The quantitative estimate of drug-likeness (QED) is 0.874. The highest BCUT2D eigenvalue weighted by Gasteiger charge is 2.25. The van der Waals surface area contributed by atoms with E-state index in [-0.39, 0.29) is 25.0 Å². The molecule has 0 spiro atoms. The number of nitrogens with zero attached hydrogens (tertiary/aromatic N) is 1. The summed E-state index contributed by atoms with van der Waals surface area (Å²) in [6.45, 7) is 1.28. The van der Waals surface area contributed by atoms with Gasteiger partial charge in [0, 0.05) is 25.2 Å². The van der Waals surface area contributed by atoms with Gasteiger partial charge in [-0.25, -0.2) is 12.7 Å². The Morgan fingerprint density at radius 1 is 1.23 bits per heavy atom. The normalized spacial score (nSPS) is 19.8. The number of rotatable bonds is 4. The summed E-state index contributed by atoms with van der Waals surface area (Å²) in [4.78, 5) is 12.1. The zero-order chi connectivity index (χ0) is 15.6. The van der Waals surface area contributed by atoms with Crippen LogP contribution in [0.25, 0.3) is 0 Å². The van der Waals surface area contributed by atoms with Crippen LogP contribution in [-0.4, -0.2) is 50.8 Å². The third-order valence-corrected chi connectivity index (χ3v) is 5.69. The predicted molar refractivity (Wildman–Crippen MR) is 79.5 cm³/mol. The lowest BCUT2D eigenvalue weighted by molar-refractivity contribution is 0.0951. The summed E-state index contributed by atoms with van der Waals surface area (Å²) in [6, 6.07) is 4.96. The number of nitrogens with one attached hydrogen (secondary N) is 1. The molecule has 1 aromatic rings. The van der Waals surface area contributed by atoms with Crippen LogP contribution in [0.3, 0.4) is 0 Å². The van der Waals surface area contributed by atoms with E-state index in [1.165, 1.54) is 4.31 Å². The molecule has 22 heavy (non-hydrogen) atoms. The smallest absolute Gasteiger partial charge is 0.251 e. The molecule has 0 aliphatic carbocycles. The van der Waals surface area contributed by atoms with Gasteiger partial charge in [0.1, 0.15) is 0 Å². The largest absolute Gasteiger partial charge is 0.454 e. The molecule has 1 saturated heterocycles. The number of fused-ring (bicyclic) bond motifs is 1. The molecule has 1 N–H and O–H groups in total. The van der Waals surface area contributed by atoms with Gasteiger partial charge >= 0.3 is 0 Å². The van der Waals surface area contributed by atoms with Gasteiger partial charge in [0.15, 0.2) is 11.5 Å². The van der Waals surface area contributed by atoms with Gasteiger partial charge in [-0.1, -0.05) is 0 Å². The van der Waals surface area contributed by atoms with Crippen LogP contribution in [-0.2, 0) is 10.0 Å². The summed E-state index contributed by atoms with van der Waals surface area (Å²) >= 11 is 0. The first kappa shape index (κ1) is 15.1. The maximum atomic E-state index is 12.1. The summed E-state index contributed by atoms with van der Waals surface area (Å²) < 4.78 is 35.5. The molecule has 8 heteroatoms. The minimum absolute atomic E-state index is 0.160. The van der Waals surface area contributed by atoms with Gasteiger partial charge < -0.3 is 14.8 Å². The highest BCUT2D eigenvalue weighted by Crippen LogP contribution is 2.32. The number of amides is 1. The molecular weight excluding hydrogens is 308 g/mol. The van der Waals surface area contributed by atoms with Crippen LogP contribution in [0.5, 0.6) is 11.5 Å². The number of benzene rings is 1. The van der Waals surface area contributed by atoms with Crippen molar-refractivity contribution in [3.63, 3.8) is 0 Å². The summed E-state index contributed by atoms with van der Waals surface area (Å²) in [5.74, 6) is 1.11. The molecule has 2 aliphatic rings. The highest BCUT2D eigenvalue weighted by atomic mass is 32.2. The molecule has 7 nitrogen and oxygen atoms in total. The van der Waals surface area contributed by atoms with Crippen LogP contribution in [0.1, 0.15) is 23.2 Å². The minimum Gasteiger partial charge on any atom is -0.454 e. The molecule has 3 rings (SSSR count). The maximum Gasteiger partial charge on any atom is 0.251 e. The van der Waals surface area contributed by atoms with Crippen molar-refractivity contribution in [3.8, 4) is 11.5 Å². The van der Waals surface area contributed by atoms with Crippen LogP contribution in [0.2, 0.25) is 0 Å². The molecule has 0 saturated carbocycles. The first-order valence-corrected chi connectivity index (χ1v) is 8.83. The summed E-state index contributed by atoms with van der Waals surface area (Å²) in [5, 5.41) is 2.73. The second kappa shape index (κ2) is 6.13. The van der Waals surface area contributed by atoms with Crippen molar-refractivity contribution in [2.75, 3.05) is 32.2 Å². The van der Waals surface area contributed by atoms with E-state index in [0.29, 0.717) is 36.6 Å². The lowest BCUT2D eigenvalue weighted by atomic mass is 10.2. The third kappa shape index (κ3) is 3.17. The van der Waals surface area contributed by atoms with Crippen molar-refractivity contribution in [3.05, 3.63) is 23.8 Å². The summed E-state index contributed by atoms with van der Waals surface area (Å²) in [7, 11) is -3.15. The summed E-state index contributed by atoms with van der Waals surface area (Å²) in [6.07, 6.45) is 1.58. The average molecular weight is 326 g/mol. The molecule has 2 heterocycles. The van der Waals surface area contributed by atoms with Gasteiger partial charge in [-0.15, -0.1) is 0 Å². The first-order valence-electron chi connectivity index (χ1n) is 7.22. The minimum atomic E-state index is -3.15. The molecule has 120 valence electrons. The average Bonchev–Trinajstić information content (AvgIpc) is 2.96. The number of hydrogen-bond acceptors (Lipinski definition) is 5. The topological polar surface area (TPSA) is 84.9 Å². The predicted octanol–water partition coefficient (Wildman–Crippen LogP) is 0.571. The number of hydrogen-bond donors (Lipinski definition) is 1. The van der Waals surface area contributed by atoms with Gasteiger partial charge in [0.05, 0.1) is 5.75 Å². The van der Waals surface area contributed by atoms with Crippen molar-refractivity contribution < 1.29 is 22.7 Å². The number of ether oxygens (including phenoxy) is 2. The molecule has 0 bridgehead atoms. The zero-order valence-electron chi connectivity index (χ0n) is 12.1. The number of carbonyl (C=O) groups excluding carboxylic acids is 1. The second-order valence-electron chi connectivity index (χ2n) is 5.25. The van der Waals surface area contributed by atoms with E-state index in [2.05, 4.69) is 5.32 Å². The Morgan fingerprint density at radius 2 is 2.05 bits per heavy atom. The monoisotopic (exact) mass is 326 g/mol. The van der Waals surface area contributed by atoms with Crippen LogP contribution >= 0.6 is 0 Å². The van der Waals surface area contributed by atoms with E-state index in [1.54, 1.807) is 18.2 Å². The molecule has 0 aromatic heterocycles. The number of carbonyl (C=O) groups is 1. The van der Waals surface area contributed by atoms with Gasteiger partial charge in [-0.2, -0.15) is 0 Å². The van der Waals surface area contributed by atoms with E-state index < -0.39 is 10.0 Å². The standard InChI is InChI=1S/C14H18N2O5S/c17-14(11-3-4-12-13(9-11)21-10-20-12)15-5-7-16-6-1-2-8-22(16,18)19/h3-4,9H,1-2,5-8,10H2,(H,15,17). The Balaban J connectivity index is 1.54. The van der Waals surface area contributed by atoms with Crippen LogP contribution < -0.4 is 14.8 Å². The fourth-order valence-corrected chi connectivity index (χ4v) is 4.13. The fraction of sp³-hybridized carbons (Fsp3) is 0.500. The zero-order valence-corrected chi connectivity index (χ0v) is 12.9. The molecule has 0 unspecified atom stereocenters. The van der Waals surface area contributed by atoms with E-state index in [1.807, 2.05) is 0 Å². The molecule has 0 radical (unpaired) electrons. The Bertz CT molecular complexity index is 674.